The van der Waals surface area contributed by atoms with Crippen LogP contribution in [-0.2, 0) is 4.79 Å². The van der Waals surface area contributed by atoms with Gasteiger partial charge in [0.05, 0.1) is 10.6 Å². The number of non-ortho nitro benzene ring substituents is 1. The molecule has 7 heteroatoms. The van der Waals surface area contributed by atoms with Crippen molar-refractivity contribution in [1.29, 1.82) is 5.26 Å². The Morgan fingerprint density at radius 1 is 1.29 bits per heavy atom. The van der Waals surface area contributed by atoms with Gasteiger partial charge in [-0.1, -0.05) is 29.8 Å². The van der Waals surface area contributed by atoms with Crippen LogP contribution in [0.4, 0.5) is 11.4 Å². The molecule has 0 aliphatic rings. The maximum absolute atomic E-state index is 12.2. The number of benzene rings is 2. The summed E-state index contributed by atoms with van der Waals surface area (Å²) >= 11 is 3.17. The van der Waals surface area contributed by atoms with Crippen molar-refractivity contribution in [2.75, 3.05) is 5.32 Å². The lowest BCUT2D eigenvalue weighted by molar-refractivity contribution is -0.384. The Morgan fingerprint density at radius 2 is 1.96 bits per heavy atom. The van der Waals surface area contributed by atoms with E-state index in [1.54, 1.807) is 0 Å². The van der Waals surface area contributed by atoms with Crippen molar-refractivity contribution >= 4 is 39.3 Å². The largest absolute Gasteiger partial charge is 0.320 e. The topological polar surface area (TPSA) is 96.0 Å². The van der Waals surface area contributed by atoms with Crippen LogP contribution in [0.25, 0.3) is 6.08 Å². The number of carbonyl (C=O) groups excluding carboxylic acids is 1. The van der Waals surface area contributed by atoms with E-state index in [4.69, 9.17) is 0 Å². The standard InChI is InChI=1S/C17H12BrN3O3/c1-11-2-4-12(5-3-11)8-13(10-19)17(22)20-16-7-6-14(21(23)24)9-15(16)18/h2-9H,1H3,(H,20,22). The van der Waals surface area contributed by atoms with Gasteiger partial charge in [-0.2, -0.15) is 5.26 Å². The Kier molecular flexibility index (Phi) is 5.45. The Hall–Kier alpha value is -2.98. The summed E-state index contributed by atoms with van der Waals surface area (Å²) in [5.74, 6) is -0.590. The van der Waals surface area contributed by atoms with Crippen LogP contribution in [0.15, 0.2) is 52.5 Å². The molecule has 0 aromatic heterocycles. The van der Waals surface area contributed by atoms with Gasteiger partial charge in [0.25, 0.3) is 11.6 Å². The quantitative estimate of drug-likeness (QED) is 0.368. The van der Waals surface area contributed by atoms with Crippen LogP contribution in [0, 0.1) is 28.4 Å². The highest BCUT2D eigenvalue weighted by Gasteiger charge is 2.14. The molecule has 2 aromatic carbocycles. The summed E-state index contributed by atoms with van der Waals surface area (Å²) in [5, 5.41) is 22.5. The predicted molar refractivity (Wildman–Crippen MR) is 94.2 cm³/mol. The van der Waals surface area contributed by atoms with Gasteiger partial charge in [0.15, 0.2) is 0 Å². The predicted octanol–water partition coefficient (Wildman–Crippen LogP) is 4.21. The molecule has 0 radical (unpaired) electrons. The monoisotopic (exact) mass is 385 g/mol. The smallest absolute Gasteiger partial charge is 0.270 e. The second-order valence-electron chi connectivity index (χ2n) is 4.96. The number of halogens is 1. The summed E-state index contributed by atoms with van der Waals surface area (Å²) in [5.41, 5.74) is 1.98. The molecule has 1 amide bonds. The Labute approximate surface area is 146 Å². The number of nitrogens with zero attached hydrogens (tertiary/aromatic N) is 2. The van der Waals surface area contributed by atoms with Crippen molar-refractivity contribution in [3.8, 4) is 6.07 Å². The zero-order valence-corrected chi connectivity index (χ0v) is 14.2. The van der Waals surface area contributed by atoms with Crippen LogP contribution in [-0.4, -0.2) is 10.8 Å². The molecule has 0 bridgehead atoms. The Bertz CT molecular complexity index is 868. The molecule has 0 aliphatic carbocycles. The normalized spacial score (nSPS) is 10.8. The van der Waals surface area contributed by atoms with Crippen LogP contribution in [0.2, 0.25) is 0 Å². The number of rotatable bonds is 4. The van der Waals surface area contributed by atoms with E-state index in [2.05, 4.69) is 21.2 Å². The zero-order chi connectivity index (χ0) is 17.7. The van der Waals surface area contributed by atoms with Gasteiger partial charge in [0.2, 0.25) is 0 Å². The first-order valence-electron chi connectivity index (χ1n) is 6.84. The summed E-state index contributed by atoms with van der Waals surface area (Å²) in [6.07, 6.45) is 1.48. The molecule has 0 fully saturated rings. The van der Waals surface area contributed by atoms with Gasteiger partial charge in [0, 0.05) is 16.6 Å². The fourth-order valence-electron chi connectivity index (χ4n) is 1.89. The minimum atomic E-state index is -0.590. The highest BCUT2D eigenvalue weighted by atomic mass is 79.9. The zero-order valence-electron chi connectivity index (χ0n) is 12.6. The molecule has 0 aliphatic heterocycles. The first kappa shape index (κ1) is 17.4. The molecular weight excluding hydrogens is 374 g/mol. The number of aryl methyl sites for hydroxylation is 1. The lowest BCUT2D eigenvalue weighted by Crippen LogP contribution is -2.13. The summed E-state index contributed by atoms with van der Waals surface area (Å²) in [4.78, 5) is 22.4. The lowest BCUT2D eigenvalue weighted by atomic mass is 10.1. The van der Waals surface area contributed by atoms with Gasteiger partial charge in [-0.05, 0) is 40.6 Å². The van der Waals surface area contributed by atoms with E-state index in [1.165, 1.54) is 24.3 Å². The van der Waals surface area contributed by atoms with Crippen molar-refractivity contribution in [2.24, 2.45) is 0 Å². The third-order valence-corrected chi connectivity index (χ3v) is 3.82. The number of hydrogen-bond donors (Lipinski definition) is 1. The molecule has 1 N–H and O–H groups in total. The van der Waals surface area contributed by atoms with Gasteiger partial charge in [-0.25, -0.2) is 0 Å². The fourth-order valence-corrected chi connectivity index (χ4v) is 2.35. The first-order valence-corrected chi connectivity index (χ1v) is 7.64. The molecular formula is C17H12BrN3O3. The summed E-state index contributed by atoms with van der Waals surface area (Å²) < 4.78 is 0.359. The molecule has 6 nitrogen and oxygen atoms in total. The van der Waals surface area contributed by atoms with E-state index in [0.717, 1.165) is 11.1 Å². The van der Waals surface area contributed by atoms with Gasteiger partial charge in [0.1, 0.15) is 11.6 Å². The van der Waals surface area contributed by atoms with Crippen molar-refractivity contribution in [1.82, 2.24) is 0 Å². The maximum atomic E-state index is 12.2. The molecule has 120 valence electrons. The highest BCUT2D eigenvalue weighted by molar-refractivity contribution is 9.10. The van der Waals surface area contributed by atoms with Crippen molar-refractivity contribution < 1.29 is 9.72 Å². The minimum Gasteiger partial charge on any atom is -0.320 e. The molecule has 0 saturated heterocycles. The second-order valence-corrected chi connectivity index (χ2v) is 5.81. The molecule has 2 rings (SSSR count). The number of amides is 1. The maximum Gasteiger partial charge on any atom is 0.270 e. The van der Waals surface area contributed by atoms with Crippen LogP contribution in [0.3, 0.4) is 0 Å². The molecule has 0 atom stereocenters. The molecule has 24 heavy (non-hydrogen) atoms. The van der Waals surface area contributed by atoms with Gasteiger partial charge in [-0.3, -0.25) is 14.9 Å². The summed E-state index contributed by atoms with van der Waals surface area (Å²) in [6.45, 7) is 1.94. The average Bonchev–Trinajstić information content (AvgIpc) is 2.55. The number of nitriles is 1. The summed E-state index contributed by atoms with van der Waals surface area (Å²) in [6, 6.07) is 13.2. The Balaban J connectivity index is 2.22. The van der Waals surface area contributed by atoms with E-state index in [1.807, 2.05) is 37.3 Å². The van der Waals surface area contributed by atoms with Crippen LogP contribution >= 0.6 is 15.9 Å². The van der Waals surface area contributed by atoms with Crippen LogP contribution < -0.4 is 5.32 Å². The molecule has 0 heterocycles. The average molecular weight is 386 g/mol. The number of anilines is 1. The van der Waals surface area contributed by atoms with E-state index in [0.29, 0.717) is 10.2 Å². The van der Waals surface area contributed by atoms with E-state index < -0.39 is 10.8 Å². The van der Waals surface area contributed by atoms with Crippen LogP contribution in [0.1, 0.15) is 11.1 Å². The number of nitro benzene ring substituents is 1. The first-order chi connectivity index (χ1) is 11.4. The van der Waals surface area contributed by atoms with Gasteiger partial charge in [-0.15, -0.1) is 0 Å². The number of carbonyl (C=O) groups is 1. The van der Waals surface area contributed by atoms with E-state index in [9.17, 15) is 20.2 Å². The molecule has 0 unspecified atom stereocenters. The lowest BCUT2D eigenvalue weighted by Gasteiger charge is -2.06. The summed E-state index contributed by atoms with van der Waals surface area (Å²) in [7, 11) is 0. The number of nitrogens with one attached hydrogen (secondary N) is 1. The van der Waals surface area contributed by atoms with Gasteiger partial charge >= 0.3 is 0 Å². The SMILES string of the molecule is Cc1ccc(C=C(C#N)C(=O)Nc2ccc([N+](=O)[O-])cc2Br)cc1. The second kappa shape index (κ2) is 7.53. The van der Waals surface area contributed by atoms with Crippen molar-refractivity contribution in [3.63, 3.8) is 0 Å². The van der Waals surface area contributed by atoms with Gasteiger partial charge < -0.3 is 5.32 Å². The highest BCUT2D eigenvalue weighted by Crippen LogP contribution is 2.27. The third kappa shape index (κ3) is 4.27. The minimum absolute atomic E-state index is 0.0656. The van der Waals surface area contributed by atoms with Crippen molar-refractivity contribution in [2.45, 2.75) is 6.92 Å². The fraction of sp³-hybridized carbons (Fsp3) is 0.0588. The van der Waals surface area contributed by atoms with E-state index in [-0.39, 0.29) is 11.3 Å². The van der Waals surface area contributed by atoms with Crippen LogP contribution in [0.5, 0.6) is 0 Å². The molecule has 0 spiro atoms. The van der Waals surface area contributed by atoms with E-state index >= 15 is 0 Å². The third-order valence-electron chi connectivity index (χ3n) is 3.17. The van der Waals surface area contributed by atoms with Crippen molar-refractivity contribution in [3.05, 3.63) is 73.8 Å². The number of hydrogen-bond acceptors (Lipinski definition) is 4. The molecule has 0 saturated carbocycles. The Morgan fingerprint density at radius 3 is 2.50 bits per heavy atom. The number of nitro groups is 1. The molecule has 2 aromatic rings.